The molecule has 21 heavy (non-hydrogen) atoms. The summed E-state index contributed by atoms with van der Waals surface area (Å²) >= 11 is 0. The number of hydrogen-bond acceptors (Lipinski definition) is 2. The van der Waals surface area contributed by atoms with Crippen molar-refractivity contribution < 1.29 is 14.0 Å². The number of halogens is 1. The third kappa shape index (κ3) is 2.41. The van der Waals surface area contributed by atoms with Gasteiger partial charge in [0.1, 0.15) is 11.4 Å². The molecule has 112 valence electrons. The molecule has 0 unspecified atom stereocenters. The van der Waals surface area contributed by atoms with Crippen molar-refractivity contribution in [3.63, 3.8) is 0 Å². The minimum atomic E-state index is -0.755. The van der Waals surface area contributed by atoms with Crippen molar-refractivity contribution in [1.82, 2.24) is 10.2 Å². The number of carbonyl (C=O) groups excluding carboxylic acids is 2. The average Bonchev–Trinajstić information content (AvgIpc) is 2.69. The van der Waals surface area contributed by atoms with E-state index in [1.807, 2.05) is 0 Å². The van der Waals surface area contributed by atoms with Gasteiger partial charge in [0.25, 0.3) is 5.91 Å². The molecule has 1 saturated heterocycles. The highest BCUT2D eigenvalue weighted by Crippen LogP contribution is 2.36. The summed E-state index contributed by atoms with van der Waals surface area (Å²) in [6, 6.07) is 5.83. The molecule has 2 aliphatic rings. The van der Waals surface area contributed by atoms with E-state index >= 15 is 0 Å². The normalized spacial score (nSPS) is 29.0. The van der Waals surface area contributed by atoms with Crippen LogP contribution in [0.5, 0.6) is 0 Å². The number of nitrogens with one attached hydrogen (secondary N) is 1. The number of hydrogen-bond donors (Lipinski definition) is 1. The van der Waals surface area contributed by atoms with Crippen molar-refractivity contribution in [1.29, 1.82) is 0 Å². The molecule has 3 rings (SSSR count). The lowest BCUT2D eigenvalue weighted by atomic mass is 9.77. The molecule has 0 bridgehead atoms. The van der Waals surface area contributed by atoms with Crippen LogP contribution in [0, 0.1) is 11.7 Å². The Morgan fingerprint density at radius 3 is 2.62 bits per heavy atom. The molecule has 4 nitrogen and oxygen atoms in total. The zero-order chi connectivity index (χ0) is 15.0. The molecular weight excluding hydrogens is 271 g/mol. The standard InChI is InChI=1S/C16H19FN2O2/c1-11-6-8-16(9-7-11)14(20)19(15(21)18-16)10-12-4-2-3-5-13(12)17/h2-5,11H,6-10H2,1H3,(H,18,21). The summed E-state index contributed by atoms with van der Waals surface area (Å²) < 4.78 is 13.7. The van der Waals surface area contributed by atoms with Crippen LogP contribution in [-0.2, 0) is 11.3 Å². The van der Waals surface area contributed by atoms with Gasteiger partial charge in [-0.1, -0.05) is 25.1 Å². The highest BCUT2D eigenvalue weighted by molar-refractivity contribution is 6.07. The van der Waals surface area contributed by atoms with Crippen LogP contribution in [0.2, 0.25) is 0 Å². The number of nitrogens with zero attached hydrogens (tertiary/aromatic N) is 1. The molecule has 1 aliphatic carbocycles. The second-order valence-corrected chi connectivity index (χ2v) is 6.18. The van der Waals surface area contributed by atoms with Gasteiger partial charge in [0.05, 0.1) is 6.54 Å². The predicted molar refractivity (Wildman–Crippen MR) is 75.8 cm³/mol. The van der Waals surface area contributed by atoms with Gasteiger partial charge in [-0.2, -0.15) is 0 Å². The van der Waals surface area contributed by atoms with Crippen LogP contribution in [0.4, 0.5) is 9.18 Å². The fourth-order valence-electron chi connectivity index (χ4n) is 3.21. The van der Waals surface area contributed by atoms with Crippen molar-refractivity contribution in [2.45, 2.75) is 44.7 Å². The van der Waals surface area contributed by atoms with Crippen molar-refractivity contribution in [3.8, 4) is 0 Å². The van der Waals surface area contributed by atoms with E-state index in [0.717, 1.165) is 17.7 Å². The molecule has 1 aromatic carbocycles. The molecule has 0 radical (unpaired) electrons. The molecule has 5 heteroatoms. The van der Waals surface area contributed by atoms with Crippen molar-refractivity contribution in [2.24, 2.45) is 5.92 Å². The first-order chi connectivity index (χ1) is 10.0. The number of benzene rings is 1. The van der Waals surface area contributed by atoms with Crippen LogP contribution in [0.3, 0.4) is 0 Å². The fourth-order valence-corrected chi connectivity index (χ4v) is 3.21. The van der Waals surface area contributed by atoms with Crippen LogP contribution in [0.15, 0.2) is 24.3 Å². The van der Waals surface area contributed by atoms with Crippen LogP contribution in [0.25, 0.3) is 0 Å². The largest absolute Gasteiger partial charge is 0.325 e. The maximum absolute atomic E-state index is 13.7. The quantitative estimate of drug-likeness (QED) is 0.851. The SMILES string of the molecule is CC1CCC2(CC1)NC(=O)N(Cc1ccccc1F)C2=O. The lowest BCUT2D eigenvalue weighted by molar-refractivity contribution is -0.133. The minimum absolute atomic E-state index is 0.00531. The van der Waals surface area contributed by atoms with E-state index in [-0.39, 0.29) is 12.5 Å². The third-order valence-corrected chi connectivity index (χ3v) is 4.66. The molecule has 1 saturated carbocycles. The zero-order valence-electron chi connectivity index (χ0n) is 12.1. The number of imide groups is 1. The van der Waals surface area contributed by atoms with Gasteiger partial charge in [0.15, 0.2) is 0 Å². The second kappa shape index (κ2) is 5.13. The van der Waals surface area contributed by atoms with Crippen molar-refractivity contribution in [2.75, 3.05) is 0 Å². The van der Waals surface area contributed by atoms with E-state index in [1.165, 1.54) is 6.07 Å². The molecule has 2 fully saturated rings. The highest BCUT2D eigenvalue weighted by atomic mass is 19.1. The van der Waals surface area contributed by atoms with Crippen LogP contribution >= 0.6 is 0 Å². The van der Waals surface area contributed by atoms with Gasteiger partial charge >= 0.3 is 6.03 Å². The maximum atomic E-state index is 13.7. The molecule has 3 amide bonds. The maximum Gasteiger partial charge on any atom is 0.325 e. The van der Waals surface area contributed by atoms with Gasteiger partial charge in [-0.25, -0.2) is 9.18 Å². The molecular formula is C16H19FN2O2. The summed E-state index contributed by atoms with van der Waals surface area (Å²) in [5.41, 5.74) is -0.392. The van der Waals surface area contributed by atoms with Gasteiger partial charge < -0.3 is 5.32 Å². The Morgan fingerprint density at radius 1 is 1.29 bits per heavy atom. The third-order valence-electron chi connectivity index (χ3n) is 4.66. The van der Waals surface area contributed by atoms with Crippen LogP contribution < -0.4 is 5.32 Å². The Hall–Kier alpha value is -1.91. The van der Waals surface area contributed by atoms with E-state index in [9.17, 15) is 14.0 Å². The van der Waals surface area contributed by atoms with Gasteiger partial charge in [-0.05, 0) is 37.7 Å². The van der Waals surface area contributed by atoms with E-state index in [0.29, 0.717) is 24.3 Å². The fraction of sp³-hybridized carbons (Fsp3) is 0.500. The Kier molecular flexibility index (Phi) is 3.43. The van der Waals surface area contributed by atoms with E-state index in [2.05, 4.69) is 12.2 Å². The number of urea groups is 1. The average molecular weight is 290 g/mol. The summed E-state index contributed by atoms with van der Waals surface area (Å²) in [7, 11) is 0. The number of carbonyl (C=O) groups is 2. The lowest BCUT2D eigenvalue weighted by Crippen LogP contribution is -2.49. The van der Waals surface area contributed by atoms with Gasteiger partial charge in [0.2, 0.25) is 0 Å². The van der Waals surface area contributed by atoms with Gasteiger partial charge in [0, 0.05) is 5.56 Å². The predicted octanol–water partition coefficient (Wildman–Crippen LogP) is 2.83. The minimum Gasteiger partial charge on any atom is -0.323 e. The van der Waals surface area contributed by atoms with Crippen LogP contribution in [-0.4, -0.2) is 22.4 Å². The highest BCUT2D eigenvalue weighted by Gasteiger charge is 2.51. The first-order valence-electron chi connectivity index (χ1n) is 7.39. The molecule has 0 atom stereocenters. The van der Waals surface area contributed by atoms with Gasteiger partial charge in [-0.3, -0.25) is 9.69 Å². The summed E-state index contributed by atoms with van der Waals surface area (Å²) in [6.45, 7) is 2.15. The Bertz CT molecular complexity index is 579. The summed E-state index contributed by atoms with van der Waals surface area (Å²) in [6.07, 6.45) is 3.21. The molecule has 1 heterocycles. The zero-order valence-corrected chi connectivity index (χ0v) is 12.1. The van der Waals surface area contributed by atoms with Crippen LogP contribution in [0.1, 0.15) is 38.2 Å². The molecule has 1 aliphatic heterocycles. The summed E-state index contributed by atoms with van der Waals surface area (Å²) in [5.74, 6) is -0.0140. The first-order valence-corrected chi connectivity index (χ1v) is 7.39. The summed E-state index contributed by atoms with van der Waals surface area (Å²) in [5, 5.41) is 2.84. The van der Waals surface area contributed by atoms with Crippen molar-refractivity contribution in [3.05, 3.63) is 35.6 Å². The second-order valence-electron chi connectivity index (χ2n) is 6.18. The lowest BCUT2D eigenvalue weighted by Gasteiger charge is -2.33. The molecule has 1 N–H and O–H groups in total. The Balaban J connectivity index is 1.80. The number of rotatable bonds is 2. The van der Waals surface area contributed by atoms with E-state index in [1.54, 1.807) is 18.2 Å². The molecule has 1 spiro atoms. The summed E-state index contributed by atoms with van der Waals surface area (Å²) in [4.78, 5) is 25.9. The molecule has 1 aromatic rings. The van der Waals surface area contributed by atoms with E-state index < -0.39 is 17.4 Å². The smallest absolute Gasteiger partial charge is 0.323 e. The van der Waals surface area contributed by atoms with Crippen molar-refractivity contribution >= 4 is 11.9 Å². The van der Waals surface area contributed by atoms with Gasteiger partial charge in [-0.15, -0.1) is 0 Å². The molecule has 0 aromatic heterocycles. The topological polar surface area (TPSA) is 49.4 Å². The Labute approximate surface area is 123 Å². The number of amides is 3. The first kappa shape index (κ1) is 14.0. The Morgan fingerprint density at radius 2 is 1.95 bits per heavy atom. The van der Waals surface area contributed by atoms with E-state index in [4.69, 9.17) is 0 Å². The monoisotopic (exact) mass is 290 g/mol.